The number of para-hydroxylation sites is 1. The van der Waals surface area contributed by atoms with Crippen LogP contribution in [0.3, 0.4) is 0 Å². The molecular weight excluding hydrogens is 224 g/mol. The van der Waals surface area contributed by atoms with Crippen molar-refractivity contribution in [3.63, 3.8) is 0 Å². The van der Waals surface area contributed by atoms with Crippen LogP contribution in [0.1, 0.15) is 17.7 Å². The van der Waals surface area contributed by atoms with Crippen molar-refractivity contribution in [3.05, 3.63) is 41.7 Å². The van der Waals surface area contributed by atoms with Crippen LogP contribution in [-0.4, -0.2) is 16.3 Å². The van der Waals surface area contributed by atoms with Gasteiger partial charge >= 0.3 is 0 Å². The average molecular weight is 242 g/mol. The van der Waals surface area contributed by atoms with Gasteiger partial charge in [-0.05, 0) is 24.5 Å². The molecule has 1 aromatic carbocycles. The van der Waals surface area contributed by atoms with Gasteiger partial charge < -0.3 is 10.6 Å². The summed E-state index contributed by atoms with van der Waals surface area (Å²) in [7, 11) is 1.95. The fraction of sp³-hybridized carbons (Fsp3) is 0.357. The summed E-state index contributed by atoms with van der Waals surface area (Å²) in [5, 5.41) is 4.20. The van der Waals surface area contributed by atoms with Gasteiger partial charge in [-0.3, -0.25) is 4.68 Å². The lowest BCUT2D eigenvalue weighted by Crippen LogP contribution is -2.29. The number of aromatic nitrogens is 2. The third-order valence-corrected chi connectivity index (χ3v) is 3.64. The Morgan fingerprint density at radius 1 is 1.33 bits per heavy atom. The topological polar surface area (TPSA) is 47.1 Å². The van der Waals surface area contributed by atoms with Crippen molar-refractivity contribution in [3.8, 4) is 0 Å². The molecule has 0 fully saturated rings. The molecule has 4 nitrogen and oxygen atoms in total. The van der Waals surface area contributed by atoms with Crippen LogP contribution in [0.2, 0.25) is 0 Å². The predicted molar refractivity (Wildman–Crippen MR) is 73.4 cm³/mol. The minimum Gasteiger partial charge on any atom is -0.396 e. The molecule has 3 rings (SSSR count). The number of hydrogen-bond acceptors (Lipinski definition) is 3. The van der Waals surface area contributed by atoms with E-state index in [1.54, 1.807) is 6.20 Å². The number of nitrogens with zero attached hydrogens (tertiary/aromatic N) is 3. The number of nitrogen functional groups attached to an aromatic ring is 1. The molecule has 0 amide bonds. The highest BCUT2D eigenvalue weighted by atomic mass is 15.3. The number of anilines is 2. The Labute approximate surface area is 107 Å². The largest absolute Gasteiger partial charge is 0.396 e. The maximum atomic E-state index is 5.97. The van der Waals surface area contributed by atoms with Crippen molar-refractivity contribution in [1.29, 1.82) is 0 Å². The zero-order chi connectivity index (χ0) is 12.5. The van der Waals surface area contributed by atoms with Gasteiger partial charge in [0.05, 0.1) is 24.1 Å². The Balaban J connectivity index is 1.91. The van der Waals surface area contributed by atoms with Crippen LogP contribution < -0.4 is 10.6 Å². The minimum absolute atomic E-state index is 0.778. The third kappa shape index (κ3) is 1.83. The lowest BCUT2D eigenvalue weighted by molar-refractivity contribution is 0.645. The highest BCUT2D eigenvalue weighted by molar-refractivity contribution is 5.56. The molecule has 0 atom stereocenters. The van der Waals surface area contributed by atoms with Crippen LogP contribution in [0.15, 0.2) is 30.5 Å². The Kier molecular flexibility index (Phi) is 2.70. The van der Waals surface area contributed by atoms with Crippen molar-refractivity contribution in [1.82, 2.24) is 9.78 Å². The van der Waals surface area contributed by atoms with Crippen molar-refractivity contribution in [2.45, 2.75) is 19.4 Å². The van der Waals surface area contributed by atoms with Gasteiger partial charge in [0.15, 0.2) is 0 Å². The highest BCUT2D eigenvalue weighted by Crippen LogP contribution is 2.28. The normalized spacial score (nSPS) is 14.6. The Morgan fingerprint density at radius 3 is 2.94 bits per heavy atom. The van der Waals surface area contributed by atoms with Crippen LogP contribution >= 0.6 is 0 Å². The van der Waals surface area contributed by atoms with Gasteiger partial charge in [-0.25, -0.2) is 0 Å². The van der Waals surface area contributed by atoms with E-state index >= 15 is 0 Å². The number of nitrogens with two attached hydrogens (primary N) is 1. The molecule has 2 heterocycles. The summed E-state index contributed by atoms with van der Waals surface area (Å²) in [6, 6.07) is 8.62. The summed E-state index contributed by atoms with van der Waals surface area (Å²) in [5.74, 6) is 0. The maximum Gasteiger partial charge on any atom is 0.0803 e. The summed E-state index contributed by atoms with van der Waals surface area (Å²) < 4.78 is 1.87. The monoisotopic (exact) mass is 242 g/mol. The first-order valence-corrected chi connectivity index (χ1v) is 6.35. The molecule has 0 saturated heterocycles. The maximum absolute atomic E-state index is 5.97. The smallest absolute Gasteiger partial charge is 0.0803 e. The fourth-order valence-corrected chi connectivity index (χ4v) is 2.63. The zero-order valence-electron chi connectivity index (χ0n) is 10.6. The lowest BCUT2D eigenvalue weighted by atomic mass is 10.0. The second kappa shape index (κ2) is 4.37. The van der Waals surface area contributed by atoms with Gasteiger partial charge in [0, 0.05) is 19.3 Å². The summed E-state index contributed by atoms with van der Waals surface area (Å²) in [5.41, 5.74) is 10.6. The molecule has 1 aromatic heterocycles. The molecule has 0 saturated carbocycles. The van der Waals surface area contributed by atoms with Gasteiger partial charge in [-0.2, -0.15) is 5.10 Å². The molecule has 0 aliphatic carbocycles. The summed E-state index contributed by atoms with van der Waals surface area (Å²) in [6.07, 6.45) is 4.10. The Hall–Kier alpha value is -1.97. The number of fused-ring (bicyclic) bond motifs is 1. The van der Waals surface area contributed by atoms with Crippen LogP contribution in [0.25, 0.3) is 0 Å². The predicted octanol–water partition coefficient (Wildman–Crippen LogP) is 1.96. The van der Waals surface area contributed by atoms with Gasteiger partial charge in [0.2, 0.25) is 0 Å². The molecule has 4 heteroatoms. The van der Waals surface area contributed by atoms with E-state index in [0.29, 0.717) is 0 Å². The average Bonchev–Trinajstić information content (AvgIpc) is 2.71. The summed E-state index contributed by atoms with van der Waals surface area (Å²) >= 11 is 0. The van der Waals surface area contributed by atoms with Gasteiger partial charge in [-0.1, -0.05) is 18.2 Å². The first-order valence-electron chi connectivity index (χ1n) is 6.35. The summed E-state index contributed by atoms with van der Waals surface area (Å²) in [6.45, 7) is 1.92. The number of hydrogen-bond donors (Lipinski definition) is 1. The third-order valence-electron chi connectivity index (χ3n) is 3.64. The van der Waals surface area contributed by atoms with Crippen molar-refractivity contribution >= 4 is 11.4 Å². The van der Waals surface area contributed by atoms with Crippen LogP contribution in [0.5, 0.6) is 0 Å². The Morgan fingerprint density at radius 2 is 2.17 bits per heavy atom. The quantitative estimate of drug-likeness (QED) is 0.875. The standard InChI is InChI=1S/C14H18N4/c1-17-14(12(15)9-16-17)10-18-8-4-6-11-5-2-3-7-13(11)18/h2-3,5,7,9H,4,6,8,10,15H2,1H3. The fourth-order valence-electron chi connectivity index (χ4n) is 2.63. The summed E-state index contributed by atoms with van der Waals surface area (Å²) in [4.78, 5) is 2.40. The van der Waals surface area contributed by atoms with E-state index in [-0.39, 0.29) is 0 Å². The number of aryl methyl sites for hydroxylation is 2. The molecular formula is C14H18N4. The SMILES string of the molecule is Cn1ncc(N)c1CN1CCCc2ccccc21. The zero-order valence-corrected chi connectivity index (χ0v) is 10.6. The molecule has 0 radical (unpaired) electrons. The van der Waals surface area contributed by atoms with Gasteiger partial charge in [0.1, 0.15) is 0 Å². The van der Waals surface area contributed by atoms with Crippen molar-refractivity contribution in [2.24, 2.45) is 7.05 Å². The molecule has 1 aliphatic heterocycles. The van der Waals surface area contributed by atoms with E-state index in [2.05, 4.69) is 34.3 Å². The second-order valence-corrected chi connectivity index (χ2v) is 4.82. The van der Waals surface area contributed by atoms with E-state index in [1.807, 2.05) is 11.7 Å². The molecule has 94 valence electrons. The molecule has 1 aliphatic rings. The van der Waals surface area contributed by atoms with Crippen LogP contribution in [0.4, 0.5) is 11.4 Å². The molecule has 2 N–H and O–H groups in total. The van der Waals surface area contributed by atoms with E-state index in [4.69, 9.17) is 5.73 Å². The van der Waals surface area contributed by atoms with E-state index in [9.17, 15) is 0 Å². The molecule has 0 bridgehead atoms. The van der Waals surface area contributed by atoms with Crippen LogP contribution in [0, 0.1) is 0 Å². The van der Waals surface area contributed by atoms with E-state index < -0.39 is 0 Å². The number of rotatable bonds is 2. The van der Waals surface area contributed by atoms with Gasteiger partial charge in [-0.15, -0.1) is 0 Å². The lowest BCUT2D eigenvalue weighted by Gasteiger charge is -2.31. The molecule has 18 heavy (non-hydrogen) atoms. The van der Waals surface area contributed by atoms with Crippen molar-refractivity contribution in [2.75, 3.05) is 17.2 Å². The molecule has 0 unspecified atom stereocenters. The molecule has 2 aromatic rings. The second-order valence-electron chi connectivity index (χ2n) is 4.82. The van der Waals surface area contributed by atoms with E-state index in [0.717, 1.165) is 24.5 Å². The van der Waals surface area contributed by atoms with E-state index in [1.165, 1.54) is 24.1 Å². The first kappa shape index (κ1) is 11.1. The minimum atomic E-state index is 0.778. The van der Waals surface area contributed by atoms with Gasteiger partial charge in [0.25, 0.3) is 0 Å². The Bertz CT molecular complexity index is 539. The first-order chi connectivity index (χ1) is 8.75. The number of benzene rings is 1. The van der Waals surface area contributed by atoms with Crippen LogP contribution in [-0.2, 0) is 20.0 Å². The highest BCUT2D eigenvalue weighted by Gasteiger charge is 2.18. The molecule has 0 spiro atoms. The van der Waals surface area contributed by atoms with Crippen molar-refractivity contribution < 1.29 is 0 Å².